The molecule has 150 valence electrons. The predicted molar refractivity (Wildman–Crippen MR) is 106 cm³/mol. The molecule has 1 N–H and O–H groups in total. The van der Waals surface area contributed by atoms with Crippen LogP contribution >= 0.6 is 0 Å². The molecule has 1 aliphatic heterocycles. The van der Waals surface area contributed by atoms with Crippen molar-refractivity contribution in [2.45, 2.75) is 19.1 Å². The molecule has 1 heterocycles. The summed E-state index contributed by atoms with van der Waals surface area (Å²) in [6, 6.07) is 16.1. The number of ether oxygens (including phenoxy) is 1. The highest BCUT2D eigenvalue weighted by atomic mass is 19.4. The molecule has 1 aliphatic rings. The minimum absolute atomic E-state index is 0.0328. The van der Waals surface area contributed by atoms with Gasteiger partial charge in [-0.25, -0.2) is 0 Å². The van der Waals surface area contributed by atoms with E-state index >= 15 is 0 Å². The molecule has 0 radical (unpaired) electrons. The molecule has 6 heteroatoms. The van der Waals surface area contributed by atoms with Gasteiger partial charge in [0.1, 0.15) is 0 Å². The molecule has 3 nitrogen and oxygen atoms in total. The Balaban J connectivity index is 1.61. The molecule has 0 unspecified atom stereocenters. The first-order chi connectivity index (χ1) is 13.8. The van der Waals surface area contributed by atoms with Gasteiger partial charge < -0.3 is 10.1 Å². The van der Waals surface area contributed by atoms with Crippen LogP contribution in [0.1, 0.15) is 22.8 Å². The van der Waals surface area contributed by atoms with Crippen LogP contribution in [0.4, 0.5) is 13.2 Å². The van der Waals surface area contributed by atoms with Crippen molar-refractivity contribution in [3.63, 3.8) is 0 Å². The number of hydrogen-bond donors (Lipinski definition) is 1. The second-order valence-electron chi connectivity index (χ2n) is 7.38. The van der Waals surface area contributed by atoms with Gasteiger partial charge in [-0.3, -0.25) is 4.79 Å². The number of halogens is 3. The van der Waals surface area contributed by atoms with Gasteiger partial charge in [0.2, 0.25) is 0 Å². The monoisotopic (exact) mass is 399 g/mol. The Morgan fingerprint density at radius 1 is 1.07 bits per heavy atom. The molecule has 0 aromatic heterocycles. The van der Waals surface area contributed by atoms with Gasteiger partial charge in [-0.1, -0.05) is 36.4 Å². The Labute approximate surface area is 166 Å². The van der Waals surface area contributed by atoms with Gasteiger partial charge in [-0.2, -0.15) is 13.2 Å². The van der Waals surface area contributed by atoms with Crippen molar-refractivity contribution in [1.82, 2.24) is 5.32 Å². The standard InChI is InChI=1S/C23H20F3NO2/c1-14(18-12-29-13-18)27-22(28)17-7-10-21-16(11-17)3-2-4-20(21)15-5-8-19(9-6-15)23(24,25)26/h2-11,14,18H,12-13H2,1H3,(H,27,28)/t14-/m0/s1. The highest BCUT2D eigenvalue weighted by Crippen LogP contribution is 2.33. The van der Waals surface area contributed by atoms with Gasteiger partial charge in [-0.15, -0.1) is 0 Å². The second-order valence-corrected chi connectivity index (χ2v) is 7.38. The average Bonchev–Trinajstić information content (AvgIpc) is 2.65. The molecular formula is C23H20F3NO2. The lowest BCUT2D eigenvalue weighted by atomic mass is 9.95. The maximum Gasteiger partial charge on any atom is 0.416 e. The number of amides is 1. The molecule has 1 fully saturated rings. The smallest absolute Gasteiger partial charge is 0.381 e. The Kier molecular flexibility index (Phi) is 5.04. The predicted octanol–water partition coefficient (Wildman–Crippen LogP) is 5.29. The maximum absolute atomic E-state index is 12.8. The molecule has 0 bridgehead atoms. The number of alkyl halides is 3. The highest BCUT2D eigenvalue weighted by Gasteiger charge is 2.30. The molecule has 1 amide bonds. The lowest BCUT2D eigenvalue weighted by Gasteiger charge is -2.31. The van der Waals surface area contributed by atoms with Gasteiger partial charge in [-0.05, 0) is 53.1 Å². The first kappa shape index (κ1) is 19.5. The van der Waals surface area contributed by atoms with E-state index < -0.39 is 11.7 Å². The number of rotatable bonds is 4. The number of nitrogens with one attached hydrogen (secondary N) is 1. The molecule has 0 saturated carbocycles. The lowest BCUT2D eigenvalue weighted by molar-refractivity contribution is -0.137. The van der Waals surface area contributed by atoms with E-state index in [1.807, 2.05) is 37.3 Å². The quantitative estimate of drug-likeness (QED) is 0.647. The van der Waals surface area contributed by atoms with Crippen molar-refractivity contribution in [3.8, 4) is 11.1 Å². The van der Waals surface area contributed by atoms with Crippen molar-refractivity contribution in [2.75, 3.05) is 13.2 Å². The Morgan fingerprint density at radius 2 is 1.79 bits per heavy atom. The van der Waals surface area contributed by atoms with Crippen molar-refractivity contribution < 1.29 is 22.7 Å². The van der Waals surface area contributed by atoms with E-state index in [4.69, 9.17) is 4.74 Å². The fourth-order valence-corrected chi connectivity index (χ4v) is 3.47. The van der Waals surface area contributed by atoms with E-state index in [1.54, 1.807) is 6.07 Å². The molecule has 4 rings (SSSR count). The Bertz CT molecular complexity index is 1040. The molecular weight excluding hydrogens is 379 g/mol. The van der Waals surface area contributed by atoms with Crippen LogP contribution in [0.2, 0.25) is 0 Å². The Hall–Kier alpha value is -2.86. The zero-order valence-corrected chi connectivity index (χ0v) is 15.8. The third-order valence-electron chi connectivity index (χ3n) is 5.40. The van der Waals surface area contributed by atoms with Crippen LogP contribution in [-0.4, -0.2) is 25.2 Å². The van der Waals surface area contributed by atoms with Gasteiger partial charge >= 0.3 is 6.18 Å². The Morgan fingerprint density at radius 3 is 2.41 bits per heavy atom. The van der Waals surface area contributed by atoms with Crippen LogP contribution < -0.4 is 5.32 Å². The molecule has 0 spiro atoms. The van der Waals surface area contributed by atoms with Gasteiger partial charge in [0, 0.05) is 17.5 Å². The largest absolute Gasteiger partial charge is 0.416 e. The molecule has 0 aliphatic carbocycles. The van der Waals surface area contributed by atoms with E-state index in [0.717, 1.165) is 28.5 Å². The number of fused-ring (bicyclic) bond motifs is 1. The van der Waals surface area contributed by atoms with Crippen LogP contribution in [0.5, 0.6) is 0 Å². The van der Waals surface area contributed by atoms with E-state index in [-0.39, 0.29) is 11.9 Å². The highest BCUT2D eigenvalue weighted by molar-refractivity contribution is 6.02. The number of hydrogen-bond acceptors (Lipinski definition) is 2. The zero-order chi connectivity index (χ0) is 20.6. The minimum atomic E-state index is -4.36. The summed E-state index contributed by atoms with van der Waals surface area (Å²) in [4.78, 5) is 12.6. The fraction of sp³-hybridized carbons (Fsp3) is 0.261. The van der Waals surface area contributed by atoms with E-state index in [9.17, 15) is 18.0 Å². The number of carbonyl (C=O) groups excluding carboxylic acids is 1. The van der Waals surface area contributed by atoms with Crippen molar-refractivity contribution in [2.24, 2.45) is 5.92 Å². The van der Waals surface area contributed by atoms with Crippen molar-refractivity contribution in [3.05, 3.63) is 71.8 Å². The van der Waals surface area contributed by atoms with Crippen molar-refractivity contribution in [1.29, 1.82) is 0 Å². The summed E-state index contributed by atoms with van der Waals surface area (Å²) in [7, 11) is 0. The second kappa shape index (κ2) is 7.52. The SMILES string of the molecule is C[C@H](NC(=O)c1ccc2c(-c3ccc(C(F)(F)F)cc3)cccc2c1)C1COC1. The maximum atomic E-state index is 12.8. The summed E-state index contributed by atoms with van der Waals surface area (Å²) in [5, 5.41) is 4.74. The summed E-state index contributed by atoms with van der Waals surface area (Å²) < 4.78 is 43.6. The number of carbonyl (C=O) groups is 1. The first-order valence-electron chi connectivity index (χ1n) is 9.42. The first-order valence-corrected chi connectivity index (χ1v) is 9.42. The molecule has 29 heavy (non-hydrogen) atoms. The summed E-state index contributed by atoms with van der Waals surface area (Å²) in [6.45, 7) is 3.29. The topological polar surface area (TPSA) is 38.3 Å². The van der Waals surface area contributed by atoms with Crippen LogP contribution in [0, 0.1) is 5.92 Å². The molecule has 1 saturated heterocycles. The summed E-state index contributed by atoms with van der Waals surface area (Å²) in [6.07, 6.45) is -4.36. The normalized spacial score (nSPS) is 15.7. The van der Waals surface area contributed by atoms with E-state index in [2.05, 4.69) is 5.32 Å². The molecule has 3 aromatic rings. The van der Waals surface area contributed by atoms with Gasteiger partial charge in [0.15, 0.2) is 0 Å². The van der Waals surface area contributed by atoms with Crippen molar-refractivity contribution >= 4 is 16.7 Å². The van der Waals surface area contributed by atoms with Gasteiger partial charge in [0.25, 0.3) is 5.91 Å². The molecule has 3 aromatic carbocycles. The summed E-state index contributed by atoms with van der Waals surface area (Å²) in [5.41, 5.74) is 1.39. The average molecular weight is 399 g/mol. The van der Waals surface area contributed by atoms with E-state index in [1.165, 1.54) is 12.1 Å². The van der Waals surface area contributed by atoms with Crippen LogP contribution in [0.3, 0.4) is 0 Å². The fourth-order valence-electron chi connectivity index (χ4n) is 3.47. The third kappa shape index (κ3) is 3.98. The van der Waals surface area contributed by atoms with Crippen LogP contribution in [0.15, 0.2) is 60.7 Å². The van der Waals surface area contributed by atoms with Gasteiger partial charge in [0.05, 0.1) is 18.8 Å². The lowest BCUT2D eigenvalue weighted by Crippen LogP contribution is -2.46. The third-order valence-corrected chi connectivity index (χ3v) is 5.40. The molecule has 1 atom stereocenters. The minimum Gasteiger partial charge on any atom is -0.381 e. The zero-order valence-electron chi connectivity index (χ0n) is 15.8. The summed E-state index contributed by atoms with van der Waals surface area (Å²) >= 11 is 0. The van der Waals surface area contributed by atoms with Crippen LogP contribution in [0.25, 0.3) is 21.9 Å². The van der Waals surface area contributed by atoms with Crippen LogP contribution in [-0.2, 0) is 10.9 Å². The van der Waals surface area contributed by atoms with E-state index in [0.29, 0.717) is 30.3 Å². The number of benzene rings is 3. The summed E-state index contributed by atoms with van der Waals surface area (Å²) in [5.74, 6) is 0.192.